The SMILES string of the molecule is CCCCN(CCCC)CCCNCc1cc(Br)c(OCCC)c(OC)c1. The third-order valence-electron chi connectivity index (χ3n) is 4.55. The molecular weight excluding hydrogens is 404 g/mol. The first-order valence-electron chi connectivity index (χ1n) is 10.6. The van der Waals surface area contributed by atoms with E-state index in [4.69, 9.17) is 9.47 Å². The molecule has 0 unspecified atom stereocenters. The molecule has 0 saturated heterocycles. The highest BCUT2D eigenvalue weighted by Crippen LogP contribution is 2.36. The van der Waals surface area contributed by atoms with Crippen LogP contribution in [0.3, 0.4) is 0 Å². The van der Waals surface area contributed by atoms with Gasteiger partial charge < -0.3 is 19.7 Å². The molecule has 27 heavy (non-hydrogen) atoms. The Hall–Kier alpha value is -0.780. The van der Waals surface area contributed by atoms with Gasteiger partial charge in [0.25, 0.3) is 0 Å². The van der Waals surface area contributed by atoms with Gasteiger partial charge in [-0.3, -0.25) is 0 Å². The molecule has 0 fully saturated rings. The molecule has 156 valence electrons. The van der Waals surface area contributed by atoms with Crippen LogP contribution in [-0.2, 0) is 6.54 Å². The second kappa shape index (κ2) is 15.2. The molecule has 0 bridgehead atoms. The van der Waals surface area contributed by atoms with E-state index in [2.05, 4.69) is 59.1 Å². The predicted molar refractivity (Wildman–Crippen MR) is 119 cm³/mol. The van der Waals surface area contributed by atoms with E-state index in [0.717, 1.165) is 35.5 Å². The highest BCUT2D eigenvalue weighted by molar-refractivity contribution is 9.10. The number of nitrogens with zero attached hydrogens (tertiary/aromatic N) is 1. The van der Waals surface area contributed by atoms with E-state index in [-0.39, 0.29) is 0 Å². The quantitative estimate of drug-likeness (QED) is 0.336. The van der Waals surface area contributed by atoms with Crippen LogP contribution in [-0.4, -0.2) is 44.8 Å². The topological polar surface area (TPSA) is 33.7 Å². The zero-order chi connectivity index (χ0) is 19.9. The first kappa shape index (κ1) is 24.3. The summed E-state index contributed by atoms with van der Waals surface area (Å²) in [5.74, 6) is 1.59. The number of rotatable bonds is 16. The number of unbranched alkanes of at least 4 members (excludes halogenated alkanes) is 2. The van der Waals surface area contributed by atoms with E-state index in [1.165, 1.54) is 57.3 Å². The first-order chi connectivity index (χ1) is 13.2. The van der Waals surface area contributed by atoms with Crippen LogP contribution in [0.15, 0.2) is 16.6 Å². The highest BCUT2D eigenvalue weighted by Gasteiger charge is 2.11. The van der Waals surface area contributed by atoms with Gasteiger partial charge >= 0.3 is 0 Å². The number of ether oxygens (including phenoxy) is 2. The number of nitrogens with one attached hydrogen (secondary N) is 1. The molecule has 0 heterocycles. The molecule has 1 aromatic carbocycles. The number of hydrogen-bond donors (Lipinski definition) is 1. The van der Waals surface area contributed by atoms with Gasteiger partial charge in [0, 0.05) is 6.54 Å². The molecule has 4 nitrogen and oxygen atoms in total. The van der Waals surface area contributed by atoms with Crippen LogP contribution in [0.4, 0.5) is 0 Å². The van der Waals surface area contributed by atoms with Crippen LogP contribution in [0.1, 0.15) is 64.9 Å². The van der Waals surface area contributed by atoms with E-state index >= 15 is 0 Å². The Morgan fingerprint density at radius 1 is 0.963 bits per heavy atom. The second-order valence-electron chi connectivity index (χ2n) is 7.04. The standard InChI is InChI=1S/C22H39BrN2O2/c1-5-8-12-25(13-9-6-2)14-10-11-24-18-19-16-20(23)22(27-15-7-3)21(17-19)26-4/h16-17,24H,5-15,18H2,1-4H3. The van der Waals surface area contributed by atoms with Crippen molar-refractivity contribution in [3.8, 4) is 11.5 Å². The molecule has 0 radical (unpaired) electrons. The van der Waals surface area contributed by atoms with Crippen molar-refractivity contribution in [3.63, 3.8) is 0 Å². The van der Waals surface area contributed by atoms with Crippen molar-refractivity contribution in [2.75, 3.05) is 39.9 Å². The maximum absolute atomic E-state index is 5.80. The molecule has 0 atom stereocenters. The predicted octanol–water partition coefficient (Wildman–Crippen LogP) is 5.63. The summed E-state index contributed by atoms with van der Waals surface area (Å²) in [5.41, 5.74) is 1.20. The number of hydrogen-bond acceptors (Lipinski definition) is 4. The van der Waals surface area contributed by atoms with Crippen LogP contribution < -0.4 is 14.8 Å². The lowest BCUT2D eigenvalue weighted by atomic mass is 10.2. The minimum atomic E-state index is 0.694. The normalized spacial score (nSPS) is 11.2. The molecule has 0 amide bonds. The van der Waals surface area contributed by atoms with Gasteiger partial charge in [0.15, 0.2) is 11.5 Å². The molecule has 0 spiro atoms. The van der Waals surface area contributed by atoms with E-state index < -0.39 is 0 Å². The maximum atomic E-state index is 5.80. The van der Waals surface area contributed by atoms with Gasteiger partial charge in [0.2, 0.25) is 0 Å². The third kappa shape index (κ3) is 9.82. The fourth-order valence-electron chi connectivity index (χ4n) is 2.98. The molecule has 0 aliphatic rings. The van der Waals surface area contributed by atoms with Crippen LogP contribution in [0.5, 0.6) is 11.5 Å². The van der Waals surface area contributed by atoms with Crippen molar-refractivity contribution in [1.82, 2.24) is 10.2 Å². The molecule has 1 rings (SSSR count). The Kier molecular flexibility index (Phi) is 13.6. The Balaban J connectivity index is 2.43. The molecule has 5 heteroatoms. The van der Waals surface area contributed by atoms with Gasteiger partial charge in [-0.15, -0.1) is 0 Å². The van der Waals surface area contributed by atoms with E-state index in [0.29, 0.717) is 6.61 Å². The van der Waals surface area contributed by atoms with Crippen LogP contribution in [0.25, 0.3) is 0 Å². The Morgan fingerprint density at radius 2 is 1.63 bits per heavy atom. The summed E-state index contributed by atoms with van der Waals surface area (Å²) in [6, 6.07) is 4.19. The molecule has 1 aromatic rings. The second-order valence-corrected chi connectivity index (χ2v) is 7.89. The average molecular weight is 443 g/mol. The van der Waals surface area contributed by atoms with E-state index in [1.807, 2.05) is 0 Å². The van der Waals surface area contributed by atoms with Crippen molar-refractivity contribution in [2.45, 2.75) is 65.8 Å². The van der Waals surface area contributed by atoms with Gasteiger partial charge in [-0.2, -0.15) is 0 Å². The highest BCUT2D eigenvalue weighted by atomic mass is 79.9. The Morgan fingerprint density at radius 3 is 2.22 bits per heavy atom. The lowest BCUT2D eigenvalue weighted by Gasteiger charge is -2.22. The van der Waals surface area contributed by atoms with E-state index in [9.17, 15) is 0 Å². The van der Waals surface area contributed by atoms with Crippen molar-refractivity contribution in [1.29, 1.82) is 0 Å². The number of methoxy groups -OCH3 is 1. The van der Waals surface area contributed by atoms with Gasteiger partial charge in [0.1, 0.15) is 0 Å². The lowest BCUT2D eigenvalue weighted by Crippen LogP contribution is -2.29. The molecule has 0 saturated carbocycles. The minimum Gasteiger partial charge on any atom is -0.493 e. The number of benzene rings is 1. The molecule has 0 aliphatic carbocycles. The van der Waals surface area contributed by atoms with Gasteiger partial charge in [-0.25, -0.2) is 0 Å². The van der Waals surface area contributed by atoms with Crippen molar-refractivity contribution in [2.24, 2.45) is 0 Å². The fraction of sp³-hybridized carbons (Fsp3) is 0.727. The monoisotopic (exact) mass is 442 g/mol. The van der Waals surface area contributed by atoms with Gasteiger partial charge in [0.05, 0.1) is 18.2 Å². The Bertz CT molecular complexity index is 503. The maximum Gasteiger partial charge on any atom is 0.175 e. The summed E-state index contributed by atoms with van der Waals surface area (Å²) in [4.78, 5) is 2.62. The molecule has 0 aromatic heterocycles. The van der Waals surface area contributed by atoms with Gasteiger partial charge in [-0.1, -0.05) is 33.6 Å². The zero-order valence-electron chi connectivity index (χ0n) is 17.8. The zero-order valence-corrected chi connectivity index (χ0v) is 19.4. The summed E-state index contributed by atoms with van der Waals surface area (Å²) in [6.07, 6.45) is 7.32. The Labute approximate surface area is 175 Å². The van der Waals surface area contributed by atoms with Gasteiger partial charge in [-0.05, 0) is 85.5 Å². The summed E-state index contributed by atoms with van der Waals surface area (Å²) in [5, 5.41) is 3.57. The molecule has 1 N–H and O–H groups in total. The average Bonchev–Trinajstić information content (AvgIpc) is 2.67. The summed E-state index contributed by atoms with van der Waals surface area (Å²) in [6.45, 7) is 12.9. The first-order valence-corrected chi connectivity index (χ1v) is 11.4. The largest absolute Gasteiger partial charge is 0.493 e. The molecule has 0 aliphatic heterocycles. The van der Waals surface area contributed by atoms with Crippen molar-refractivity contribution in [3.05, 3.63) is 22.2 Å². The summed E-state index contributed by atoms with van der Waals surface area (Å²) < 4.78 is 12.3. The van der Waals surface area contributed by atoms with E-state index in [1.54, 1.807) is 7.11 Å². The fourth-order valence-corrected chi connectivity index (χ4v) is 3.58. The van der Waals surface area contributed by atoms with Crippen LogP contribution in [0.2, 0.25) is 0 Å². The smallest absolute Gasteiger partial charge is 0.175 e. The third-order valence-corrected chi connectivity index (χ3v) is 5.14. The summed E-state index contributed by atoms with van der Waals surface area (Å²) in [7, 11) is 1.69. The number of halogens is 1. The van der Waals surface area contributed by atoms with Crippen LogP contribution in [0, 0.1) is 0 Å². The van der Waals surface area contributed by atoms with Crippen LogP contribution >= 0.6 is 15.9 Å². The van der Waals surface area contributed by atoms with Crippen molar-refractivity contribution < 1.29 is 9.47 Å². The minimum absolute atomic E-state index is 0.694. The molecular formula is C22H39BrN2O2. The summed E-state index contributed by atoms with van der Waals surface area (Å²) >= 11 is 3.62. The van der Waals surface area contributed by atoms with Crippen molar-refractivity contribution >= 4 is 15.9 Å². The lowest BCUT2D eigenvalue weighted by molar-refractivity contribution is 0.261.